The van der Waals surface area contributed by atoms with Crippen molar-refractivity contribution >= 4 is 17.4 Å². The molecule has 0 saturated carbocycles. The average molecular weight is 206 g/mol. The first-order valence-electron chi connectivity index (χ1n) is 4.08. The highest BCUT2D eigenvalue weighted by Crippen LogP contribution is 2.24. The molecule has 0 aliphatic carbocycles. The van der Waals surface area contributed by atoms with E-state index in [-0.39, 0.29) is 11.3 Å². The van der Waals surface area contributed by atoms with Gasteiger partial charge in [-0.05, 0) is 18.2 Å². The van der Waals surface area contributed by atoms with Crippen LogP contribution in [0.4, 0.5) is 10.1 Å². The first-order chi connectivity index (χ1) is 7.09. The molecular weight excluding hydrogens is 201 g/mol. The standard InChI is InChI=1S/C10H5FNO3/c11-5-1-2-8-6(3-5)9(13)7(4-12-8)10(14)15/h1-4H,(H,14,15). The molecule has 1 aliphatic heterocycles. The van der Waals surface area contributed by atoms with E-state index >= 15 is 0 Å². The summed E-state index contributed by atoms with van der Waals surface area (Å²) in [6.45, 7) is 0. The predicted molar refractivity (Wildman–Crippen MR) is 48.2 cm³/mol. The van der Waals surface area contributed by atoms with Crippen LogP contribution in [0.25, 0.3) is 0 Å². The van der Waals surface area contributed by atoms with E-state index in [2.05, 4.69) is 5.32 Å². The highest BCUT2D eigenvalue weighted by molar-refractivity contribution is 6.26. The maximum absolute atomic E-state index is 12.8. The van der Waals surface area contributed by atoms with Gasteiger partial charge in [0.25, 0.3) is 0 Å². The number of carboxylic acids is 1. The summed E-state index contributed by atoms with van der Waals surface area (Å²) < 4.78 is 12.8. The third-order valence-electron chi connectivity index (χ3n) is 2.01. The van der Waals surface area contributed by atoms with Crippen molar-refractivity contribution in [2.75, 3.05) is 0 Å². The van der Waals surface area contributed by atoms with E-state index in [0.29, 0.717) is 0 Å². The van der Waals surface area contributed by atoms with Crippen LogP contribution in [0.2, 0.25) is 0 Å². The highest BCUT2D eigenvalue weighted by atomic mass is 19.1. The maximum Gasteiger partial charge on any atom is 0.341 e. The average Bonchev–Trinajstić information content (AvgIpc) is 2.19. The Morgan fingerprint density at radius 2 is 2.13 bits per heavy atom. The summed E-state index contributed by atoms with van der Waals surface area (Å²) in [5.74, 6) is -2.67. The largest absolute Gasteiger partial charge is 0.477 e. The van der Waals surface area contributed by atoms with Gasteiger partial charge in [0.1, 0.15) is 11.4 Å². The number of aliphatic carboxylic acids is 1. The van der Waals surface area contributed by atoms with Crippen molar-refractivity contribution in [3.05, 3.63) is 41.4 Å². The zero-order chi connectivity index (χ0) is 11.0. The van der Waals surface area contributed by atoms with E-state index in [9.17, 15) is 14.0 Å². The zero-order valence-corrected chi connectivity index (χ0v) is 7.40. The number of hydrogen-bond donors (Lipinski definition) is 1. The monoisotopic (exact) mass is 206 g/mol. The van der Waals surface area contributed by atoms with Crippen molar-refractivity contribution in [1.82, 2.24) is 5.32 Å². The molecular formula is C10H5FNO3. The summed E-state index contributed by atoms with van der Waals surface area (Å²) in [6.07, 6.45) is 0.977. The fourth-order valence-corrected chi connectivity index (χ4v) is 1.29. The van der Waals surface area contributed by atoms with Crippen molar-refractivity contribution in [2.45, 2.75) is 0 Å². The van der Waals surface area contributed by atoms with Gasteiger partial charge in [0.15, 0.2) is 0 Å². The van der Waals surface area contributed by atoms with Crippen LogP contribution in [0.15, 0.2) is 30.0 Å². The second kappa shape index (κ2) is 3.20. The van der Waals surface area contributed by atoms with Gasteiger partial charge in [-0.2, -0.15) is 0 Å². The fraction of sp³-hybridized carbons (Fsp3) is 0. The van der Waals surface area contributed by atoms with Crippen molar-refractivity contribution in [1.29, 1.82) is 0 Å². The number of carboxylic acid groups (broad SMARTS) is 1. The van der Waals surface area contributed by atoms with E-state index < -0.39 is 23.1 Å². The Labute approximate surface area is 84.0 Å². The minimum Gasteiger partial charge on any atom is -0.477 e. The molecule has 0 saturated heterocycles. The van der Waals surface area contributed by atoms with E-state index in [1.807, 2.05) is 0 Å². The summed E-state index contributed by atoms with van der Waals surface area (Å²) in [5.41, 5.74) is -0.186. The fourth-order valence-electron chi connectivity index (χ4n) is 1.29. The molecule has 0 unspecified atom stereocenters. The number of hydrogen-bond acceptors (Lipinski definition) is 2. The normalized spacial score (nSPS) is 13.9. The lowest BCUT2D eigenvalue weighted by Gasteiger charge is -2.12. The van der Waals surface area contributed by atoms with E-state index in [1.54, 1.807) is 0 Å². The molecule has 1 aromatic rings. The number of halogens is 1. The van der Waals surface area contributed by atoms with Gasteiger partial charge in [0.05, 0.1) is 11.3 Å². The van der Waals surface area contributed by atoms with Crippen LogP contribution >= 0.6 is 0 Å². The van der Waals surface area contributed by atoms with Gasteiger partial charge in [0, 0.05) is 6.20 Å². The van der Waals surface area contributed by atoms with Crippen molar-refractivity contribution in [3.8, 4) is 0 Å². The lowest BCUT2D eigenvalue weighted by molar-refractivity contribution is -0.132. The summed E-state index contributed by atoms with van der Waals surface area (Å²) in [6, 6.07) is 3.48. The Kier molecular flexibility index (Phi) is 2.00. The first-order valence-corrected chi connectivity index (χ1v) is 4.08. The number of rotatable bonds is 1. The second-order valence-electron chi connectivity index (χ2n) is 2.97. The van der Waals surface area contributed by atoms with Crippen LogP contribution in [0.3, 0.4) is 0 Å². The second-order valence-corrected chi connectivity index (χ2v) is 2.97. The van der Waals surface area contributed by atoms with Gasteiger partial charge in [-0.1, -0.05) is 0 Å². The minimum atomic E-state index is -1.36. The van der Waals surface area contributed by atoms with Gasteiger partial charge in [-0.25, -0.2) is 9.18 Å². The number of carbonyl (C=O) groups is 2. The van der Waals surface area contributed by atoms with Crippen molar-refractivity contribution in [2.24, 2.45) is 0 Å². The number of ketones is 1. The third-order valence-corrected chi connectivity index (χ3v) is 2.01. The van der Waals surface area contributed by atoms with Gasteiger partial charge in [0.2, 0.25) is 5.78 Å². The van der Waals surface area contributed by atoms with E-state index in [4.69, 9.17) is 5.11 Å². The molecule has 0 atom stereocenters. The molecule has 1 radical (unpaired) electrons. The topological polar surface area (TPSA) is 68.5 Å². The van der Waals surface area contributed by atoms with Gasteiger partial charge >= 0.3 is 5.97 Å². The molecule has 2 rings (SSSR count). The lowest BCUT2D eigenvalue weighted by Crippen LogP contribution is -2.19. The molecule has 75 valence electrons. The molecule has 0 spiro atoms. The molecule has 1 heterocycles. The van der Waals surface area contributed by atoms with Crippen LogP contribution in [0.5, 0.6) is 0 Å². The number of carbonyl (C=O) groups excluding carboxylic acids is 1. The van der Waals surface area contributed by atoms with Crippen LogP contribution in [0, 0.1) is 5.82 Å². The van der Waals surface area contributed by atoms with Crippen LogP contribution in [-0.2, 0) is 4.79 Å². The number of benzene rings is 1. The summed E-state index contributed by atoms with van der Waals surface area (Å²) in [7, 11) is 0. The first kappa shape index (κ1) is 9.39. The van der Waals surface area contributed by atoms with E-state index in [1.165, 1.54) is 6.07 Å². The zero-order valence-electron chi connectivity index (χ0n) is 7.40. The number of nitrogens with zero attached hydrogens (tertiary/aromatic N) is 1. The summed E-state index contributed by atoms with van der Waals surface area (Å²) in [4.78, 5) is 22.2. The van der Waals surface area contributed by atoms with Gasteiger partial charge in [-0.15, -0.1) is 0 Å². The van der Waals surface area contributed by atoms with Gasteiger partial charge < -0.3 is 5.11 Å². The molecule has 0 amide bonds. The lowest BCUT2D eigenvalue weighted by atomic mass is 9.99. The molecule has 1 aliphatic rings. The molecule has 5 heteroatoms. The Morgan fingerprint density at radius 1 is 1.40 bits per heavy atom. The molecule has 0 aromatic heterocycles. The predicted octanol–water partition coefficient (Wildman–Crippen LogP) is 1.23. The molecule has 0 fully saturated rings. The summed E-state index contributed by atoms with van der Waals surface area (Å²) >= 11 is 0. The maximum atomic E-state index is 12.8. The smallest absolute Gasteiger partial charge is 0.341 e. The van der Waals surface area contributed by atoms with Crippen molar-refractivity contribution < 1.29 is 19.1 Å². The number of fused-ring (bicyclic) bond motifs is 1. The Morgan fingerprint density at radius 3 is 2.80 bits per heavy atom. The minimum absolute atomic E-state index is 0.0186. The number of Topliss-reactive ketones (excluding diaryl/α,β-unsaturated/α-hetero) is 1. The third kappa shape index (κ3) is 1.48. The van der Waals surface area contributed by atoms with Crippen LogP contribution in [-0.4, -0.2) is 16.9 Å². The van der Waals surface area contributed by atoms with E-state index in [0.717, 1.165) is 18.3 Å². The molecule has 4 nitrogen and oxygen atoms in total. The SMILES string of the molecule is O=C(O)C1=C[N]c2ccc(F)cc2C1=O. The van der Waals surface area contributed by atoms with Crippen LogP contribution < -0.4 is 5.32 Å². The summed E-state index contributed by atoms with van der Waals surface area (Å²) in [5, 5.41) is 12.4. The molecule has 15 heavy (non-hydrogen) atoms. The quantitative estimate of drug-likeness (QED) is 0.702. The van der Waals surface area contributed by atoms with Crippen molar-refractivity contribution in [3.63, 3.8) is 0 Å². The molecule has 1 aromatic carbocycles. The van der Waals surface area contributed by atoms with Crippen LogP contribution in [0.1, 0.15) is 10.4 Å². The highest BCUT2D eigenvalue weighted by Gasteiger charge is 2.26. The Bertz CT molecular complexity index is 493. The Balaban J connectivity index is 2.52. The Hall–Kier alpha value is -2.17. The van der Waals surface area contributed by atoms with Gasteiger partial charge in [-0.3, -0.25) is 10.1 Å². The molecule has 1 N–H and O–H groups in total. The molecule has 0 bridgehead atoms.